The molecule has 0 bridgehead atoms. The van der Waals surface area contributed by atoms with Gasteiger partial charge in [0.25, 0.3) is 0 Å². The van der Waals surface area contributed by atoms with Gasteiger partial charge >= 0.3 is 0 Å². The van der Waals surface area contributed by atoms with E-state index in [-0.39, 0.29) is 5.91 Å². The van der Waals surface area contributed by atoms with E-state index < -0.39 is 0 Å². The largest absolute Gasteiger partial charge is 0.273 e. The van der Waals surface area contributed by atoms with Gasteiger partial charge in [0.05, 0.1) is 12.5 Å². The fourth-order valence-electron chi connectivity index (χ4n) is 2.50. The lowest BCUT2D eigenvalue weighted by molar-refractivity contribution is -0.130. The average molecular weight is 194 g/mol. The van der Waals surface area contributed by atoms with Crippen LogP contribution in [0.5, 0.6) is 0 Å². The van der Waals surface area contributed by atoms with E-state index in [9.17, 15) is 4.79 Å². The van der Waals surface area contributed by atoms with Gasteiger partial charge in [-0.05, 0) is 32.1 Å². The van der Waals surface area contributed by atoms with Crippen molar-refractivity contribution >= 4 is 11.6 Å². The summed E-state index contributed by atoms with van der Waals surface area (Å²) in [5, 5.41) is 6.06. The second kappa shape index (κ2) is 3.71. The molecule has 0 aromatic carbocycles. The first-order valence-corrected chi connectivity index (χ1v) is 5.56. The van der Waals surface area contributed by atoms with E-state index in [1.54, 1.807) is 5.01 Å². The molecule has 2 atom stereocenters. The molecule has 1 aliphatic heterocycles. The number of nitrogens with zero attached hydrogens (tertiary/aromatic N) is 2. The van der Waals surface area contributed by atoms with E-state index in [1.165, 1.54) is 12.8 Å². The Bertz CT molecular complexity index is 272. The van der Waals surface area contributed by atoms with Crippen LogP contribution in [0, 0.1) is 5.92 Å². The van der Waals surface area contributed by atoms with E-state index in [4.69, 9.17) is 0 Å². The Morgan fingerprint density at radius 1 is 1.50 bits per heavy atom. The minimum absolute atomic E-state index is 0.198. The first kappa shape index (κ1) is 9.69. The highest BCUT2D eigenvalue weighted by atomic mass is 16.2. The van der Waals surface area contributed by atoms with Gasteiger partial charge in [-0.25, -0.2) is 5.01 Å². The van der Waals surface area contributed by atoms with Gasteiger partial charge in [0.15, 0.2) is 0 Å². The number of carbonyl (C=O) groups is 1. The Kier molecular flexibility index (Phi) is 2.57. The molecule has 0 radical (unpaired) electrons. The summed E-state index contributed by atoms with van der Waals surface area (Å²) in [6, 6.07) is 0.393. The van der Waals surface area contributed by atoms with Crippen molar-refractivity contribution in [3.8, 4) is 0 Å². The molecular weight excluding hydrogens is 176 g/mol. The number of hydrogen-bond donors (Lipinski definition) is 0. The molecule has 14 heavy (non-hydrogen) atoms. The molecule has 0 spiro atoms. The average Bonchev–Trinajstić information content (AvgIpc) is 2.71. The van der Waals surface area contributed by atoms with Gasteiger partial charge in [0.2, 0.25) is 5.91 Å². The summed E-state index contributed by atoms with van der Waals surface area (Å²) in [5.74, 6) is 1.01. The molecule has 1 heterocycles. The van der Waals surface area contributed by atoms with Crippen molar-refractivity contribution in [3.05, 3.63) is 0 Å². The number of hydrogen-bond acceptors (Lipinski definition) is 2. The maximum atomic E-state index is 11.6. The molecule has 1 aliphatic carbocycles. The quantitative estimate of drug-likeness (QED) is 0.663. The SMILES string of the molecule is CC[C@H]1CC[C@@H](N2N=C(C)CC2=O)C1. The van der Waals surface area contributed by atoms with Gasteiger partial charge in [0, 0.05) is 5.71 Å². The zero-order valence-electron chi connectivity index (χ0n) is 8.99. The van der Waals surface area contributed by atoms with Crippen molar-refractivity contribution in [1.82, 2.24) is 5.01 Å². The molecule has 0 N–H and O–H groups in total. The van der Waals surface area contributed by atoms with Crippen LogP contribution in [0.1, 0.15) is 46.0 Å². The van der Waals surface area contributed by atoms with Crippen LogP contribution in [0.25, 0.3) is 0 Å². The minimum atomic E-state index is 0.198. The molecule has 3 nitrogen and oxygen atoms in total. The predicted octanol–water partition coefficient (Wildman–Crippen LogP) is 2.17. The van der Waals surface area contributed by atoms with Gasteiger partial charge in [-0.2, -0.15) is 5.10 Å². The van der Waals surface area contributed by atoms with Crippen molar-refractivity contribution in [2.24, 2.45) is 11.0 Å². The lowest BCUT2D eigenvalue weighted by Gasteiger charge is -2.19. The van der Waals surface area contributed by atoms with Crippen molar-refractivity contribution in [2.45, 2.75) is 52.0 Å². The van der Waals surface area contributed by atoms with Gasteiger partial charge in [-0.15, -0.1) is 0 Å². The lowest BCUT2D eigenvalue weighted by atomic mass is 10.1. The Morgan fingerprint density at radius 2 is 2.29 bits per heavy atom. The number of hydrazone groups is 1. The standard InChI is InChI=1S/C11H18N2O/c1-3-9-4-5-10(7-9)13-11(14)6-8(2)12-13/h9-10H,3-7H2,1-2H3/t9-,10+/m0/s1. The number of carbonyl (C=O) groups excluding carboxylic acids is 1. The normalized spacial score (nSPS) is 32.6. The van der Waals surface area contributed by atoms with Crippen LogP contribution < -0.4 is 0 Å². The van der Waals surface area contributed by atoms with E-state index >= 15 is 0 Å². The van der Waals surface area contributed by atoms with E-state index in [0.29, 0.717) is 12.5 Å². The summed E-state index contributed by atoms with van der Waals surface area (Å²) in [7, 11) is 0. The van der Waals surface area contributed by atoms with Gasteiger partial charge < -0.3 is 0 Å². The van der Waals surface area contributed by atoms with Crippen LogP contribution in [-0.2, 0) is 4.79 Å². The second-order valence-corrected chi connectivity index (χ2v) is 4.49. The smallest absolute Gasteiger partial charge is 0.248 e. The zero-order chi connectivity index (χ0) is 10.1. The van der Waals surface area contributed by atoms with Gasteiger partial charge in [-0.1, -0.05) is 13.3 Å². The molecule has 2 aliphatic rings. The fourth-order valence-corrected chi connectivity index (χ4v) is 2.50. The first-order chi connectivity index (χ1) is 6.70. The summed E-state index contributed by atoms with van der Waals surface area (Å²) in [6.45, 7) is 4.16. The molecule has 0 aromatic heterocycles. The molecule has 2 rings (SSSR count). The summed E-state index contributed by atoms with van der Waals surface area (Å²) in [4.78, 5) is 11.6. The highest BCUT2D eigenvalue weighted by Gasteiger charge is 2.33. The number of amides is 1. The molecule has 0 aromatic rings. The van der Waals surface area contributed by atoms with Crippen LogP contribution in [0.3, 0.4) is 0 Å². The number of rotatable bonds is 2. The Hall–Kier alpha value is -0.860. The topological polar surface area (TPSA) is 32.7 Å². The van der Waals surface area contributed by atoms with Crippen LogP contribution in [0.2, 0.25) is 0 Å². The summed E-state index contributed by atoms with van der Waals surface area (Å²) < 4.78 is 0. The lowest BCUT2D eigenvalue weighted by Crippen LogP contribution is -2.30. The van der Waals surface area contributed by atoms with E-state index in [0.717, 1.165) is 24.5 Å². The molecule has 0 unspecified atom stereocenters. The fraction of sp³-hybridized carbons (Fsp3) is 0.818. The molecular formula is C11H18N2O. The zero-order valence-corrected chi connectivity index (χ0v) is 8.99. The van der Waals surface area contributed by atoms with Gasteiger partial charge in [-0.3, -0.25) is 4.79 Å². The first-order valence-electron chi connectivity index (χ1n) is 5.56. The van der Waals surface area contributed by atoms with Crippen molar-refractivity contribution in [1.29, 1.82) is 0 Å². The molecule has 0 saturated heterocycles. The molecule has 78 valence electrons. The third kappa shape index (κ3) is 1.68. The summed E-state index contributed by atoms with van der Waals surface area (Å²) in [5.41, 5.74) is 0.968. The van der Waals surface area contributed by atoms with Crippen molar-refractivity contribution in [3.63, 3.8) is 0 Å². The third-order valence-electron chi connectivity index (χ3n) is 3.38. The third-order valence-corrected chi connectivity index (χ3v) is 3.38. The van der Waals surface area contributed by atoms with Crippen LogP contribution in [-0.4, -0.2) is 22.7 Å². The highest BCUT2D eigenvalue weighted by Crippen LogP contribution is 2.33. The Labute approximate surface area is 85.2 Å². The van der Waals surface area contributed by atoms with Crippen molar-refractivity contribution < 1.29 is 4.79 Å². The second-order valence-electron chi connectivity index (χ2n) is 4.49. The monoisotopic (exact) mass is 194 g/mol. The molecule has 3 heteroatoms. The van der Waals surface area contributed by atoms with Crippen LogP contribution in [0.4, 0.5) is 0 Å². The van der Waals surface area contributed by atoms with Crippen molar-refractivity contribution in [2.75, 3.05) is 0 Å². The van der Waals surface area contributed by atoms with Crippen LogP contribution in [0.15, 0.2) is 5.10 Å². The maximum absolute atomic E-state index is 11.6. The Morgan fingerprint density at radius 3 is 2.79 bits per heavy atom. The maximum Gasteiger partial charge on any atom is 0.248 e. The molecule has 1 fully saturated rings. The van der Waals surface area contributed by atoms with E-state index in [2.05, 4.69) is 12.0 Å². The van der Waals surface area contributed by atoms with Crippen LogP contribution >= 0.6 is 0 Å². The highest BCUT2D eigenvalue weighted by molar-refractivity contribution is 6.03. The minimum Gasteiger partial charge on any atom is -0.273 e. The van der Waals surface area contributed by atoms with E-state index in [1.807, 2.05) is 6.92 Å². The molecule has 1 saturated carbocycles. The summed E-state index contributed by atoms with van der Waals surface area (Å²) >= 11 is 0. The summed E-state index contributed by atoms with van der Waals surface area (Å²) in [6.07, 6.45) is 5.33. The predicted molar refractivity (Wildman–Crippen MR) is 56.0 cm³/mol. The van der Waals surface area contributed by atoms with Gasteiger partial charge in [0.1, 0.15) is 0 Å². The molecule has 1 amide bonds. The Balaban J connectivity index is 2.00.